The van der Waals surface area contributed by atoms with E-state index in [0.29, 0.717) is 12.8 Å². The van der Waals surface area contributed by atoms with Crippen molar-refractivity contribution in [3.63, 3.8) is 0 Å². The van der Waals surface area contributed by atoms with Crippen molar-refractivity contribution in [2.75, 3.05) is 13.7 Å². The first-order chi connectivity index (χ1) is 9.15. The molecule has 1 N–H and O–H groups in total. The van der Waals surface area contributed by atoms with Crippen molar-refractivity contribution in [3.05, 3.63) is 29.8 Å². The highest BCUT2D eigenvalue weighted by atomic mass is 16.5. The third-order valence-corrected chi connectivity index (χ3v) is 3.69. The van der Waals surface area contributed by atoms with Crippen molar-refractivity contribution in [1.29, 1.82) is 0 Å². The number of aliphatic hydroxyl groups is 1. The van der Waals surface area contributed by atoms with E-state index in [1.165, 1.54) is 0 Å². The van der Waals surface area contributed by atoms with E-state index >= 15 is 0 Å². The molecule has 1 aromatic rings. The van der Waals surface area contributed by atoms with Crippen molar-refractivity contribution in [3.8, 4) is 5.75 Å². The van der Waals surface area contributed by atoms with Gasteiger partial charge in [0.1, 0.15) is 11.5 Å². The van der Waals surface area contributed by atoms with Crippen LogP contribution in [0.3, 0.4) is 0 Å². The van der Waals surface area contributed by atoms with Crippen LogP contribution < -0.4 is 4.74 Å². The Balaban J connectivity index is 2.12. The molecule has 0 saturated carbocycles. The van der Waals surface area contributed by atoms with Crippen LogP contribution in [0.4, 0.5) is 0 Å². The summed E-state index contributed by atoms with van der Waals surface area (Å²) < 4.78 is 11.1. The van der Waals surface area contributed by atoms with Gasteiger partial charge in [0.2, 0.25) is 0 Å². The normalized spacial score (nSPS) is 27.3. The number of rotatable bonds is 4. The van der Waals surface area contributed by atoms with Gasteiger partial charge in [0.15, 0.2) is 0 Å². The molecule has 0 aliphatic carbocycles. The molecule has 0 radical (unpaired) electrons. The number of hydrogen-bond donors (Lipinski definition) is 1. The van der Waals surface area contributed by atoms with Gasteiger partial charge in [0.05, 0.1) is 19.3 Å². The zero-order chi connectivity index (χ0) is 13.8. The Bertz CT molecular complexity index is 426. The molecule has 19 heavy (non-hydrogen) atoms. The van der Waals surface area contributed by atoms with E-state index in [0.717, 1.165) is 11.3 Å². The number of benzene rings is 1. The molecule has 4 heteroatoms. The van der Waals surface area contributed by atoms with Crippen LogP contribution in [0.15, 0.2) is 24.3 Å². The third-order valence-electron chi connectivity index (χ3n) is 3.69. The maximum atomic E-state index is 12.0. The summed E-state index contributed by atoms with van der Waals surface area (Å²) in [6.07, 6.45) is 0.485. The average molecular weight is 264 g/mol. The van der Waals surface area contributed by atoms with E-state index in [1.807, 2.05) is 31.2 Å². The molecule has 1 fully saturated rings. The van der Waals surface area contributed by atoms with Gasteiger partial charge in [-0.25, -0.2) is 0 Å². The van der Waals surface area contributed by atoms with Crippen molar-refractivity contribution in [2.24, 2.45) is 5.92 Å². The molecule has 0 amide bonds. The summed E-state index contributed by atoms with van der Waals surface area (Å²) in [7, 11) is 1.62. The molecule has 1 aliphatic heterocycles. The first-order valence-corrected chi connectivity index (χ1v) is 6.58. The second-order valence-corrected chi connectivity index (χ2v) is 4.91. The van der Waals surface area contributed by atoms with Crippen molar-refractivity contribution >= 4 is 5.78 Å². The fraction of sp³-hybridized carbons (Fsp3) is 0.533. The summed E-state index contributed by atoms with van der Waals surface area (Å²) in [5.41, 5.74) is 0.976. The minimum Gasteiger partial charge on any atom is -0.497 e. The highest BCUT2D eigenvalue weighted by molar-refractivity contribution is 5.82. The summed E-state index contributed by atoms with van der Waals surface area (Å²) in [4.78, 5) is 12.0. The van der Waals surface area contributed by atoms with Gasteiger partial charge in [-0.15, -0.1) is 0 Å². The lowest BCUT2D eigenvalue weighted by atomic mass is 9.88. The zero-order valence-electron chi connectivity index (χ0n) is 11.3. The van der Waals surface area contributed by atoms with Gasteiger partial charge in [-0.05, 0) is 24.1 Å². The minimum atomic E-state index is -0.217. The number of ketones is 1. The van der Waals surface area contributed by atoms with Crippen LogP contribution in [0.1, 0.15) is 31.4 Å². The predicted molar refractivity (Wildman–Crippen MR) is 71.1 cm³/mol. The zero-order valence-corrected chi connectivity index (χ0v) is 11.3. The molecule has 1 aliphatic rings. The van der Waals surface area contributed by atoms with Gasteiger partial charge in [-0.2, -0.15) is 0 Å². The Morgan fingerprint density at radius 3 is 2.63 bits per heavy atom. The molecule has 104 valence electrons. The number of Topliss-reactive ketones (excluding diaryl/α,β-unsaturated/α-hetero) is 1. The molecule has 4 nitrogen and oxygen atoms in total. The quantitative estimate of drug-likeness (QED) is 0.905. The maximum Gasteiger partial charge on any atom is 0.141 e. The Labute approximate surface area is 113 Å². The molecule has 1 aromatic carbocycles. The monoisotopic (exact) mass is 264 g/mol. The minimum absolute atomic E-state index is 0.0393. The molecule has 0 aromatic heterocycles. The van der Waals surface area contributed by atoms with Crippen LogP contribution in [-0.2, 0) is 9.53 Å². The summed E-state index contributed by atoms with van der Waals surface area (Å²) in [6, 6.07) is 7.57. The summed E-state index contributed by atoms with van der Waals surface area (Å²) in [5, 5.41) is 9.04. The van der Waals surface area contributed by atoms with Crippen LogP contribution in [0, 0.1) is 5.92 Å². The van der Waals surface area contributed by atoms with E-state index < -0.39 is 0 Å². The fourth-order valence-corrected chi connectivity index (χ4v) is 2.41. The standard InChI is InChI=1S/C15H20O4/c1-10-13(17)9-15(19-14(10)7-8-16)11-3-5-12(18-2)6-4-11/h3-6,10,14-16H,7-9H2,1-2H3/t10-,14+,15+/m0/s1. The van der Waals surface area contributed by atoms with Crippen molar-refractivity contribution < 1.29 is 19.4 Å². The van der Waals surface area contributed by atoms with E-state index in [4.69, 9.17) is 14.6 Å². The number of ether oxygens (including phenoxy) is 2. The Kier molecular flexibility index (Phi) is 4.56. The molecule has 2 rings (SSSR count). The molecule has 1 heterocycles. The van der Waals surface area contributed by atoms with Crippen molar-refractivity contribution in [2.45, 2.75) is 32.0 Å². The molecule has 0 spiro atoms. The molecule has 1 saturated heterocycles. The van der Waals surface area contributed by atoms with Crippen LogP contribution >= 0.6 is 0 Å². The number of carbonyl (C=O) groups excluding carboxylic acids is 1. The smallest absolute Gasteiger partial charge is 0.141 e. The Morgan fingerprint density at radius 2 is 2.05 bits per heavy atom. The second kappa shape index (κ2) is 6.17. The van der Waals surface area contributed by atoms with Crippen LogP contribution in [0.2, 0.25) is 0 Å². The van der Waals surface area contributed by atoms with E-state index in [9.17, 15) is 4.79 Å². The van der Waals surface area contributed by atoms with Gasteiger partial charge in [0.25, 0.3) is 0 Å². The first kappa shape index (κ1) is 14.0. The lowest BCUT2D eigenvalue weighted by Crippen LogP contribution is -2.37. The number of carbonyl (C=O) groups is 1. The Morgan fingerprint density at radius 1 is 1.37 bits per heavy atom. The van der Waals surface area contributed by atoms with E-state index in [1.54, 1.807) is 7.11 Å². The SMILES string of the molecule is COc1ccc([C@H]2CC(=O)[C@H](C)[C@@H](CCO)O2)cc1. The average Bonchev–Trinajstić information content (AvgIpc) is 2.44. The van der Waals surface area contributed by atoms with E-state index in [-0.39, 0.29) is 30.5 Å². The highest BCUT2D eigenvalue weighted by Crippen LogP contribution is 2.34. The summed E-state index contributed by atoms with van der Waals surface area (Å²) in [5.74, 6) is 0.846. The highest BCUT2D eigenvalue weighted by Gasteiger charge is 2.34. The molecular weight excluding hydrogens is 244 g/mol. The molecule has 3 atom stereocenters. The summed E-state index contributed by atoms with van der Waals surface area (Å²) >= 11 is 0. The van der Waals surface area contributed by atoms with Crippen LogP contribution in [0.25, 0.3) is 0 Å². The van der Waals surface area contributed by atoms with Crippen LogP contribution in [0.5, 0.6) is 5.75 Å². The Hall–Kier alpha value is -1.39. The van der Waals surface area contributed by atoms with Gasteiger partial charge in [0, 0.05) is 18.9 Å². The number of aliphatic hydroxyl groups excluding tert-OH is 1. The van der Waals surface area contributed by atoms with E-state index in [2.05, 4.69) is 0 Å². The largest absolute Gasteiger partial charge is 0.497 e. The molecule has 0 bridgehead atoms. The third kappa shape index (κ3) is 3.14. The van der Waals surface area contributed by atoms with Gasteiger partial charge < -0.3 is 14.6 Å². The first-order valence-electron chi connectivity index (χ1n) is 6.58. The number of hydrogen-bond acceptors (Lipinski definition) is 4. The van der Waals surface area contributed by atoms with Gasteiger partial charge >= 0.3 is 0 Å². The maximum absolute atomic E-state index is 12.0. The predicted octanol–water partition coefficient (Wildman–Crippen LogP) is 2.11. The fourth-order valence-electron chi connectivity index (χ4n) is 2.41. The topological polar surface area (TPSA) is 55.8 Å². The number of methoxy groups -OCH3 is 1. The molecular formula is C15H20O4. The lowest BCUT2D eigenvalue weighted by Gasteiger charge is -2.34. The van der Waals surface area contributed by atoms with Gasteiger partial charge in [-0.3, -0.25) is 4.79 Å². The second-order valence-electron chi connectivity index (χ2n) is 4.91. The van der Waals surface area contributed by atoms with Gasteiger partial charge in [-0.1, -0.05) is 19.1 Å². The summed E-state index contributed by atoms with van der Waals surface area (Å²) in [6.45, 7) is 1.91. The lowest BCUT2D eigenvalue weighted by molar-refractivity contribution is -0.146. The molecule has 0 unspecified atom stereocenters. The van der Waals surface area contributed by atoms with Crippen LogP contribution in [-0.4, -0.2) is 30.7 Å². The van der Waals surface area contributed by atoms with Crippen molar-refractivity contribution in [1.82, 2.24) is 0 Å².